The third-order valence-corrected chi connectivity index (χ3v) is 8.40. The van der Waals surface area contributed by atoms with Crippen LogP contribution in [0.3, 0.4) is 0 Å². The van der Waals surface area contributed by atoms with E-state index >= 15 is 0 Å². The maximum atomic E-state index is 12.9. The molecule has 4 rings (SSSR count). The summed E-state index contributed by atoms with van der Waals surface area (Å²) in [7, 11) is -7.94. The highest BCUT2D eigenvalue weighted by atomic mass is 35.5. The lowest BCUT2D eigenvalue weighted by Crippen LogP contribution is -2.18. The molecule has 0 radical (unpaired) electrons. The van der Waals surface area contributed by atoms with E-state index in [1.54, 1.807) is 32.0 Å². The van der Waals surface area contributed by atoms with Crippen LogP contribution in [-0.4, -0.2) is 42.7 Å². The number of anilines is 2. The Labute approximate surface area is 230 Å². The van der Waals surface area contributed by atoms with Crippen LogP contribution in [0.4, 0.5) is 11.5 Å². The Morgan fingerprint density at radius 3 is 2.31 bits per heavy atom. The van der Waals surface area contributed by atoms with E-state index in [1.807, 2.05) is 13.0 Å². The number of benzene rings is 2. The van der Waals surface area contributed by atoms with Crippen LogP contribution in [0.2, 0.25) is 5.02 Å². The summed E-state index contributed by atoms with van der Waals surface area (Å²) in [5, 5.41) is 1.84. The number of hydrogen-bond donors (Lipinski definition) is 2. The van der Waals surface area contributed by atoms with Gasteiger partial charge in [-0.25, -0.2) is 36.8 Å². The Morgan fingerprint density at radius 2 is 1.64 bits per heavy atom. The first kappa shape index (κ1) is 28.1. The number of sulfonamides is 1. The molecule has 202 valence electrons. The molecule has 0 atom stereocenters. The van der Waals surface area contributed by atoms with E-state index in [0.29, 0.717) is 17.1 Å². The minimum atomic E-state index is -3.97. The molecular formula is C25H23ClN6O5S2. The van der Waals surface area contributed by atoms with Crippen LogP contribution < -0.4 is 10.0 Å². The number of halogens is 1. The predicted molar refractivity (Wildman–Crippen MR) is 146 cm³/mol. The molecule has 4 aromatic rings. The molecule has 2 aromatic heterocycles. The fraction of sp³-hybridized carbons (Fsp3) is 0.160. The smallest absolute Gasteiger partial charge is 0.275 e. The van der Waals surface area contributed by atoms with Crippen molar-refractivity contribution in [2.45, 2.75) is 36.6 Å². The Kier molecular flexibility index (Phi) is 7.95. The van der Waals surface area contributed by atoms with Crippen LogP contribution in [0.25, 0.3) is 0 Å². The topological polar surface area (TPSA) is 161 Å². The second-order valence-electron chi connectivity index (χ2n) is 8.62. The van der Waals surface area contributed by atoms with Gasteiger partial charge in [0.2, 0.25) is 15.0 Å². The normalized spacial score (nSPS) is 11.7. The predicted octanol–water partition coefficient (Wildman–Crippen LogP) is 3.87. The Hall–Kier alpha value is -3.94. The van der Waals surface area contributed by atoms with Crippen LogP contribution in [0, 0.1) is 20.8 Å². The maximum Gasteiger partial charge on any atom is 0.275 e. The molecule has 0 aliphatic heterocycles. The summed E-state index contributed by atoms with van der Waals surface area (Å²) in [5.41, 5.74) is 1.93. The molecule has 0 spiro atoms. The van der Waals surface area contributed by atoms with E-state index in [9.17, 15) is 21.6 Å². The van der Waals surface area contributed by atoms with E-state index in [0.717, 1.165) is 11.8 Å². The fourth-order valence-electron chi connectivity index (χ4n) is 3.62. The number of sulfone groups is 1. The summed E-state index contributed by atoms with van der Waals surface area (Å²) in [6, 6.07) is 13.8. The summed E-state index contributed by atoms with van der Waals surface area (Å²) in [4.78, 5) is 28.7. The van der Waals surface area contributed by atoms with Crippen LogP contribution in [0.15, 0.2) is 70.8 Å². The van der Waals surface area contributed by atoms with Gasteiger partial charge in [0, 0.05) is 17.4 Å². The summed E-state index contributed by atoms with van der Waals surface area (Å²) < 4.78 is 53.7. The third-order valence-electron chi connectivity index (χ3n) is 5.28. The van der Waals surface area contributed by atoms with Gasteiger partial charge in [-0.15, -0.1) is 0 Å². The van der Waals surface area contributed by atoms with Crippen molar-refractivity contribution in [2.24, 2.45) is 0 Å². The molecule has 0 saturated carbocycles. The zero-order valence-electron chi connectivity index (χ0n) is 21.0. The minimum Gasteiger partial charge on any atom is -0.321 e. The lowest BCUT2D eigenvalue weighted by atomic mass is 10.2. The van der Waals surface area contributed by atoms with E-state index in [1.165, 1.54) is 30.3 Å². The van der Waals surface area contributed by atoms with Gasteiger partial charge in [-0.2, -0.15) is 0 Å². The van der Waals surface area contributed by atoms with Crippen LogP contribution in [0.5, 0.6) is 0 Å². The van der Waals surface area contributed by atoms with Crippen molar-refractivity contribution < 1.29 is 21.6 Å². The second-order valence-corrected chi connectivity index (χ2v) is 12.6. The highest BCUT2D eigenvalue weighted by molar-refractivity contribution is 7.92. The Balaban J connectivity index is 1.50. The lowest BCUT2D eigenvalue weighted by molar-refractivity contribution is 0.102. The molecule has 2 aromatic carbocycles. The van der Waals surface area contributed by atoms with Crippen molar-refractivity contribution in [2.75, 3.05) is 10.0 Å². The number of aromatic nitrogens is 4. The van der Waals surface area contributed by atoms with Crippen molar-refractivity contribution in [1.29, 1.82) is 0 Å². The van der Waals surface area contributed by atoms with E-state index in [4.69, 9.17) is 11.6 Å². The Bertz CT molecular complexity index is 1760. The van der Waals surface area contributed by atoms with Crippen LogP contribution in [0.1, 0.15) is 33.1 Å². The molecule has 0 aliphatic rings. The maximum absolute atomic E-state index is 12.9. The second kappa shape index (κ2) is 11.0. The molecule has 11 nitrogen and oxygen atoms in total. The molecule has 0 bridgehead atoms. The van der Waals surface area contributed by atoms with Gasteiger partial charge in [-0.05, 0) is 50.6 Å². The summed E-state index contributed by atoms with van der Waals surface area (Å²) in [6.45, 7) is 5.21. The van der Waals surface area contributed by atoms with Gasteiger partial charge in [0.15, 0.2) is 5.69 Å². The van der Waals surface area contributed by atoms with Crippen molar-refractivity contribution in [3.8, 4) is 0 Å². The summed E-state index contributed by atoms with van der Waals surface area (Å²) in [6.07, 6.45) is 1.05. The zero-order valence-corrected chi connectivity index (χ0v) is 23.4. The SMILES string of the molecule is Cc1cccc(CS(=O)(=O)c2ncc(Cl)c(C(=O)Nc3ccc(S(=O)(=O)Nc4cc(C)nc(C)n4)cc3)n2)c1. The standard InChI is InChI=1S/C25H23ClN6O5S2/c1-15-5-4-6-18(11-15)14-38(34,35)25-27-13-21(26)23(31-25)24(33)30-19-7-9-20(10-8-19)39(36,37)32-22-12-16(2)28-17(3)29-22/h4-13H,14H2,1-3H3,(H,30,33)(H,28,29,32). The summed E-state index contributed by atoms with van der Waals surface area (Å²) in [5.74, 6) is -0.602. The first-order valence-electron chi connectivity index (χ1n) is 11.4. The van der Waals surface area contributed by atoms with E-state index < -0.39 is 30.9 Å². The van der Waals surface area contributed by atoms with Crippen molar-refractivity contribution in [1.82, 2.24) is 19.9 Å². The van der Waals surface area contributed by atoms with Crippen molar-refractivity contribution >= 4 is 48.9 Å². The molecule has 2 N–H and O–H groups in total. The average molecular weight is 587 g/mol. The van der Waals surface area contributed by atoms with Gasteiger partial charge < -0.3 is 5.32 Å². The van der Waals surface area contributed by atoms with Crippen molar-refractivity contribution in [3.05, 3.63) is 94.2 Å². The number of nitrogens with zero attached hydrogens (tertiary/aromatic N) is 4. The van der Waals surface area contributed by atoms with Gasteiger partial charge >= 0.3 is 0 Å². The molecule has 14 heteroatoms. The molecule has 0 fully saturated rings. The highest BCUT2D eigenvalue weighted by Crippen LogP contribution is 2.21. The number of carbonyl (C=O) groups excluding carboxylic acids is 1. The number of carbonyl (C=O) groups is 1. The van der Waals surface area contributed by atoms with Gasteiger partial charge in [0.05, 0.1) is 21.9 Å². The lowest BCUT2D eigenvalue weighted by Gasteiger charge is -2.10. The van der Waals surface area contributed by atoms with Gasteiger partial charge in [0.1, 0.15) is 11.6 Å². The van der Waals surface area contributed by atoms with Crippen molar-refractivity contribution in [3.63, 3.8) is 0 Å². The first-order chi connectivity index (χ1) is 18.3. The minimum absolute atomic E-state index is 0.0704. The molecule has 2 heterocycles. The molecule has 39 heavy (non-hydrogen) atoms. The average Bonchev–Trinajstić information content (AvgIpc) is 2.83. The molecular weight excluding hydrogens is 564 g/mol. The van der Waals surface area contributed by atoms with Gasteiger partial charge in [0.25, 0.3) is 15.9 Å². The quantitative estimate of drug-likeness (QED) is 0.292. The largest absolute Gasteiger partial charge is 0.321 e. The van der Waals surface area contributed by atoms with Crippen LogP contribution in [-0.2, 0) is 25.6 Å². The third kappa shape index (κ3) is 6.93. The van der Waals surface area contributed by atoms with Gasteiger partial charge in [-0.1, -0.05) is 41.4 Å². The monoisotopic (exact) mass is 586 g/mol. The number of aryl methyl sites for hydroxylation is 3. The van der Waals surface area contributed by atoms with Gasteiger partial charge in [-0.3, -0.25) is 9.52 Å². The number of nitrogens with one attached hydrogen (secondary N) is 2. The molecule has 0 saturated heterocycles. The first-order valence-corrected chi connectivity index (χ1v) is 14.9. The fourth-order valence-corrected chi connectivity index (χ4v) is 5.98. The molecule has 1 amide bonds. The van der Waals surface area contributed by atoms with E-state index in [2.05, 4.69) is 30.0 Å². The number of rotatable bonds is 8. The number of hydrogen-bond acceptors (Lipinski definition) is 9. The Morgan fingerprint density at radius 1 is 0.923 bits per heavy atom. The molecule has 0 unspecified atom stereocenters. The molecule has 0 aliphatic carbocycles. The zero-order chi connectivity index (χ0) is 28.4. The highest BCUT2D eigenvalue weighted by Gasteiger charge is 2.23. The summed E-state index contributed by atoms with van der Waals surface area (Å²) >= 11 is 6.09. The number of amides is 1. The van der Waals surface area contributed by atoms with E-state index in [-0.39, 0.29) is 32.9 Å². The van der Waals surface area contributed by atoms with Crippen LogP contribution >= 0.6 is 11.6 Å².